The predicted octanol–water partition coefficient (Wildman–Crippen LogP) is -0.170. The molecule has 1 saturated heterocycles. The van der Waals surface area contributed by atoms with Crippen LogP contribution in [-0.4, -0.2) is 65.7 Å². The number of nitrogens with zero attached hydrogens (tertiary/aromatic N) is 1. The second kappa shape index (κ2) is 11.9. The molecular formula is C22H33N5O5. The van der Waals surface area contributed by atoms with Crippen molar-refractivity contribution in [2.75, 3.05) is 13.1 Å². The second-order valence-corrected chi connectivity index (χ2v) is 8.66. The van der Waals surface area contributed by atoms with Gasteiger partial charge in [0.2, 0.25) is 17.6 Å². The normalized spacial score (nSPS) is 17.4. The number of nitrogens with two attached hydrogens (primary N) is 1. The number of amides is 5. The first-order chi connectivity index (χ1) is 14.9. The maximum absolute atomic E-state index is 13.2. The number of terminal acetylenes is 1. The lowest BCUT2D eigenvalue weighted by atomic mass is 9.85. The minimum atomic E-state index is -1.12. The fourth-order valence-electron chi connectivity index (χ4n) is 3.43. The summed E-state index contributed by atoms with van der Waals surface area (Å²) in [5.74, 6) is -0.296. The Morgan fingerprint density at radius 1 is 1.25 bits per heavy atom. The molecule has 0 radical (unpaired) electrons. The van der Waals surface area contributed by atoms with Gasteiger partial charge in [-0.05, 0) is 24.7 Å². The molecule has 32 heavy (non-hydrogen) atoms. The number of carbonyl (C=O) groups is 5. The van der Waals surface area contributed by atoms with Crippen molar-refractivity contribution in [1.29, 1.82) is 0 Å². The highest BCUT2D eigenvalue weighted by atomic mass is 16.2. The number of nitrogens with one attached hydrogen (secondary N) is 3. The topological polar surface area (TPSA) is 151 Å². The van der Waals surface area contributed by atoms with Crippen molar-refractivity contribution in [3.8, 4) is 12.3 Å². The van der Waals surface area contributed by atoms with Crippen LogP contribution in [0.3, 0.4) is 0 Å². The van der Waals surface area contributed by atoms with E-state index in [1.54, 1.807) is 20.8 Å². The van der Waals surface area contributed by atoms with Crippen LogP contribution in [0.15, 0.2) is 12.7 Å². The minimum absolute atomic E-state index is 0.0805. The number of rotatable bonds is 10. The summed E-state index contributed by atoms with van der Waals surface area (Å²) in [6.07, 6.45) is 7.90. The Kier molecular flexibility index (Phi) is 9.91. The lowest BCUT2D eigenvalue weighted by Crippen LogP contribution is -2.59. The van der Waals surface area contributed by atoms with Gasteiger partial charge in [-0.2, -0.15) is 0 Å². The second-order valence-electron chi connectivity index (χ2n) is 8.66. The molecule has 1 aliphatic heterocycles. The van der Waals surface area contributed by atoms with Crippen LogP contribution < -0.4 is 21.7 Å². The maximum atomic E-state index is 13.2. The number of ketones is 1. The van der Waals surface area contributed by atoms with E-state index in [9.17, 15) is 24.0 Å². The quantitative estimate of drug-likeness (QED) is 0.208. The molecule has 176 valence electrons. The largest absolute Gasteiger partial charge is 0.352 e. The number of hydrogen-bond donors (Lipinski definition) is 4. The van der Waals surface area contributed by atoms with Gasteiger partial charge < -0.3 is 26.6 Å². The average molecular weight is 448 g/mol. The van der Waals surface area contributed by atoms with Gasteiger partial charge in [0.25, 0.3) is 5.91 Å². The van der Waals surface area contributed by atoms with Gasteiger partial charge in [-0.25, -0.2) is 4.79 Å². The van der Waals surface area contributed by atoms with E-state index in [2.05, 4.69) is 28.4 Å². The third-order valence-electron chi connectivity index (χ3n) is 5.08. The Labute approximate surface area is 188 Å². The van der Waals surface area contributed by atoms with Crippen LogP contribution in [-0.2, 0) is 19.2 Å². The molecule has 0 aromatic rings. The molecule has 10 heteroatoms. The first kappa shape index (κ1) is 26.7. The molecule has 0 saturated carbocycles. The number of carbonyl (C=O) groups excluding carboxylic acids is 5. The zero-order valence-electron chi connectivity index (χ0n) is 18.9. The van der Waals surface area contributed by atoms with Gasteiger partial charge in [0, 0.05) is 19.5 Å². The predicted molar refractivity (Wildman–Crippen MR) is 119 cm³/mol. The van der Waals surface area contributed by atoms with E-state index < -0.39 is 53.1 Å². The SMILES string of the molecule is C#CCCC(NC(=O)[C@@H]1CCCN1C(=O)[C@@H](NC(N)=O)C(C)(C)C)C(=O)C(=O)NCC=C. The molecule has 5 amide bonds. The molecule has 0 bridgehead atoms. The zero-order chi connectivity index (χ0) is 24.5. The number of primary amides is 1. The van der Waals surface area contributed by atoms with Crippen molar-refractivity contribution in [2.45, 2.75) is 64.6 Å². The summed E-state index contributed by atoms with van der Waals surface area (Å²) >= 11 is 0. The van der Waals surface area contributed by atoms with E-state index in [-0.39, 0.29) is 19.4 Å². The highest BCUT2D eigenvalue weighted by Gasteiger charge is 2.42. The molecule has 0 aromatic heterocycles. The Hall–Kier alpha value is -3.35. The van der Waals surface area contributed by atoms with Gasteiger partial charge in [0.05, 0.1) is 6.04 Å². The molecule has 0 spiro atoms. The third kappa shape index (κ3) is 7.41. The number of Topliss-reactive ketones (excluding diaryl/α,β-unsaturated/α-hetero) is 1. The molecule has 0 aromatic carbocycles. The van der Waals surface area contributed by atoms with Gasteiger partial charge in [-0.3, -0.25) is 19.2 Å². The van der Waals surface area contributed by atoms with Crippen LogP contribution in [0.2, 0.25) is 0 Å². The van der Waals surface area contributed by atoms with Gasteiger partial charge >= 0.3 is 6.03 Å². The number of likely N-dealkylation sites (tertiary alicyclic amines) is 1. The third-order valence-corrected chi connectivity index (χ3v) is 5.08. The molecule has 1 heterocycles. The van der Waals surface area contributed by atoms with Crippen LogP contribution in [0, 0.1) is 17.8 Å². The van der Waals surface area contributed by atoms with Gasteiger partial charge in [0.15, 0.2) is 0 Å². The van der Waals surface area contributed by atoms with E-state index in [0.717, 1.165) is 0 Å². The number of urea groups is 1. The van der Waals surface area contributed by atoms with Gasteiger partial charge in [0.1, 0.15) is 12.1 Å². The van der Waals surface area contributed by atoms with E-state index in [4.69, 9.17) is 12.2 Å². The van der Waals surface area contributed by atoms with Crippen LogP contribution in [0.4, 0.5) is 4.79 Å². The molecule has 1 fully saturated rings. The zero-order valence-corrected chi connectivity index (χ0v) is 18.9. The fraction of sp³-hybridized carbons (Fsp3) is 0.591. The van der Waals surface area contributed by atoms with Crippen LogP contribution in [0.25, 0.3) is 0 Å². The van der Waals surface area contributed by atoms with Gasteiger partial charge in [-0.1, -0.05) is 26.8 Å². The molecule has 1 aliphatic rings. The van der Waals surface area contributed by atoms with E-state index >= 15 is 0 Å². The number of hydrogen-bond acceptors (Lipinski definition) is 5. The summed E-state index contributed by atoms with van der Waals surface area (Å²) in [7, 11) is 0. The van der Waals surface area contributed by atoms with Crippen molar-refractivity contribution in [2.24, 2.45) is 11.1 Å². The first-order valence-electron chi connectivity index (χ1n) is 10.5. The molecule has 3 atom stereocenters. The van der Waals surface area contributed by atoms with E-state index in [0.29, 0.717) is 19.4 Å². The van der Waals surface area contributed by atoms with E-state index in [1.165, 1.54) is 11.0 Å². The lowest BCUT2D eigenvalue weighted by molar-refractivity contribution is -0.143. The monoisotopic (exact) mass is 447 g/mol. The average Bonchev–Trinajstić information content (AvgIpc) is 3.21. The van der Waals surface area contributed by atoms with Crippen molar-refractivity contribution in [3.05, 3.63) is 12.7 Å². The summed E-state index contributed by atoms with van der Waals surface area (Å²) in [5, 5.41) is 7.42. The summed E-state index contributed by atoms with van der Waals surface area (Å²) in [4.78, 5) is 63.5. The van der Waals surface area contributed by atoms with Crippen LogP contribution in [0.5, 0.6) is 0 Å². The van der Waals surface area contributed by atoms with Crippen molar-refractivity contribution < 1.29 is 24.0 Å². The fourth-order valence-corrected chi connectivity index (χ4v) is 3.43. The molecular weight excluding hydrogens is 414 g/mol. The molecule has 10 nitrogen and oxygen atoms in total. The van der Waals surface area contributed by atoms with Crippen molar-refractivity contribution >= 4 is 29.5 Å². The van der Waals surface area contributed by atoms with Gasteiger partial charge in [-0.15, -0.1) is 18.9 Å². The summed E-state index contributed by atoms with van der Waals surface area (Å²) < 4.78 is 0. The highest BCUT2D eigenvalue weighted by Crippen LogP contribution is 2.26. The van der Waals surface area contributed by atoms with Crippen LogP contribution in [0.1, 0.15) is 46.5 Å². The Morgan fingerprint density at radius 2 is 1.91 bits per heavy atom. The molecule has 1 unspecified atom stereocenters. The Bertz CT molecular complexity index is 796. The van der Waals surface area contributed by atoms with Crippen molar-refractivity contribution in [1.82, 2.24) is 20.9 Å². The molecule has 1 rings (SSSR count). The summed E-state index contributed by atoms with van der Waals surface area (Å²) in [5.41, 5.74) is 4.58. The van der Waals surface area contributed by atoms with Crippen LogP contribution >= 0.6 is 0 Å². The standard InChI is InChI=1S/C22H33N5O5/c1-6-8-10-14(16(28)19(30)24-12-7-2)25-18(29)15-11-9-13-27(15)20(31)17(22(3,4)5)26-21(23)32/h1,7,14-15,17H,2,8-13H2,3-5H3,(H,24,30)(H,25,29)(H3,23,26,32)/t14?,15-,17+/m0/s1. The molecule has 5 N–H and O–H groups in total. The smallest absolute Gasteiger partial charge is 0.312 e. The minimum Gasteiger partial charge on any atom is -0.352 e. The summed E-state index contributed by atoms with van der Waals surface area (Å²) in [6, 6.07) is -3.75. The van der Waals surface area contributed by atoms with Crippen molar-refractivity contribution in [3.63, 3.8) is 0 Å². The first-order valence-corrected chi connectivity index (χ1v) is 10.5. The highest BCUT2D eigenvalue weighted by molar-refractivity contribution is 6.38. The Morgan fingerprint density at radius 3 is 2.44 bits per heavy atom. The lowest BCUT2D eigenvalue weighted by Gasteiger charge is -2.35. The Balaban J connectivity index is 3.01. The molecule has 0 aliphatic carbocycles. The maximum Gasteiger partial charge on any atom is 0.312 e. The summed E-state index contributed by atoms with van der Waals surface area (Å²) in [6.45, 7) is 9.20. The van der Waals surface area contributed by atoms with E-state index in [1.807, 2.05) is 0 Å².